The number of hydrogen-bond donors (Lipinski definition) is 1. The third-order valence-electron chi connectivity index (χ3n) is 3.24. The summed E-state index contributed by atoms with van der Waals surface area (Å²) in [5.74, 6) is -0.194. The van der Waals surface area contributed by atoms with E-state index in [2.05, 4.69) is 21.1 Å². The maximum atomic E-state index is 14.1. The third-order valence-corrected chi connectivity index (χ3v) is 3.93. The fourth-order valence-corrected chi connectivity index (χ4v) is 2.71. The Morgan fingerprint density at radius 3 is 2.67 bits per heavy atom. The van der Waals surface area contributed by atoms with Gasteiger partial charge in [-0.1, -0.05) is 50.9 Å². The molecule has 0 saturated heterocycles. The average Bonchev–Trinajstić information content (AvgIpc) is 2.84. The number of anilines is 1. The highest BCUT2D eigenvalue weighted by molar-refractivity contribution is 9.10. The minimum atomic E-state index is -0.359. The average molecular weight is 347 g/mol. The Morgan fingerprint density at radius 2 is 1.90 bits per heavy atom. The Kier molecular flexibility index (Phi) is 3.51. The Balaban J connectivity index is 2.27. The van der Waals surface area contributed by atoms with Crippen LogP contribution in [-0.4, -0.2) is 5.16 Å². The van der Waals surface area contributed by atoms with Crippen molar-refractivity contribution in [2.45, 2.75) is 6.92 Å². The lowest BCUT2D eigenvalue weighted by molar-refractivity contribution is 0.439. The van der Waals surface area contributed by atoms with E-state index < -0.39 is 0 Å². The SMILES string of the molecule is Cc1ccc(F)c(-c2noc(N)c2-c2ccccc2Br)c1. The Hall–Kier alpha value is -2.14. The van der Waals surface area contributed by atoms with Gasteiger partial charge in [-0.15, -0.1) is 0 Å². The van der Waals surface area contributed by atoms with E-state index in [1.165, 1.54) is 6.07 Å². The molecule has 0 unspecified atom stereocenters. The van der Waals surface area contributed by atoms with Crippen LogP contribution in [0.4, 0.5) is 10.3 Å². The molecule has 0 fully saturated rings. The number of nitrogen functional groups attached to an aromatic ring is 1. The molecule has 0 amide bonds. The molecule has 2 N–H and O–H groups in total. The molecule has 0 atom stereocenters. The van der Waals surface area contributed by atoms with Crippen LogP contribution >= 0.6 is 15.9 Å². The summed E-state index contributed by atoms with van der Waals surface area (Å²) < 4.78 is 20.1. The van der Waals surface area contributed by atoms with Crippen molar-refractivity contribution in [2.24, 2.45) is 0 Å². The number of hydrogen-bond acceptors (Lipinski definition) is 3. The molecule has 0 saturated carbocycles. The summed E-state index contributed by atoms with van der Waals surface area (Å²) >= 11 is 3.47. The molecule has 1 heterocycles. The molecule has 2 aromatic carbocycles. The second-order valence-electron chi connectivity index (χ2n) is 4.73. The van der Waals surface area contributed by atoms with Crippen molar-refractivity contribution in [3.63, 3.8) is 0 Å². The predicted octanol–water partition coefficient (Wildman–Crippen LogP) is 4.80. The Morgan fingerprint density at radius 1 is 1.14 bits per heavy atom. The monoisotopic (exact) mass is 346 g/mol. The lowest BCUT2D eigenvalue weighted by atomic mass is 9.99. The van der Waals surface area contributed by atoms with Gasteiger partial charge >= 0.3 is 0 Å². The topological polar surface area (TPSA) is 52.0 Å². The second-order valence-corrected chi connectivity index (χ2v) is 5.59. The van der Waals surface area contributed by atoms with Gasteiger partial charge in [0.2, 0.25) is 5.88 Å². The Bertz CT molecular complexity index is 814. The quantitative estimate of drug-likeness (QED) is 0.724. The van der Waals surface area contributed by atoms with E-state index in [1.807, 2.05) is 31.2 Å². The molecule has 0 aliphatic carbocycles. The minimum Gasteiger partial charge on any atom is -0.367 e. The number of nitrogens with zero attached hydrogens (tertiary/aromatic N) is 1. The van der Waals surface area contributed by atoms with E-state index in [0.717, 1.165) is 15.6 Å². The normalized spacial score (nSPS) is 10.8. The summed E-state index contributed by atoms with van der Waals surface area (Å²) in [7, 11) is 0. The molecule has 1 aromatic heterocycles. The van der Waals surface area contributed by atoms with Crippen LogP contribution in [0.3, 0.4) is 0 Å². The van der Waals surface area contributed by atoms with E-state index in [9.17, 15) is 4.39 Å². The van der Waals surface area contributed by atoms with Crippen LogP contribution in [0.15, 0.2) is 51.5 Å². The van der Waals surface area contributed by atoms with E-state index in [4.69, 9.17) is 10.3 Å². The van der Waals surface area contributed by atoms with Crippen molar-refractivity contribution in [3.05, 3.63) is 58.3 Å². The third kappa shape index (κ3) is 2.45. The molecule has 3 rings (SSSR count). The highest BCUT2D eigenvalue weighted by Crippen LogP contribution is 2.40. The maximum absolute atomic E-state index is 14.1. The van der Waals surface area contributed by atoms with Crippen molar-refractivity contribution in [1.29, 1.82) is 0 Å². The summed E-state index contributed by atoms with van der Waals surface area (Å²) in [6.07, 6.45) is 0. The van der Waals surface area contributed by atoms with Crippen molar-refractivity contribution >= 4 is 21.8 Å². The maximum Gasteiger partial charge on any atom is 0.230 e. The number of nitrogens with two attached hydrogens (primary N) is 1. The first-order chi connectivity index (χ1) is 10.1. The van der Waals surface area contributed by atoms with E-state index >= 15 is 0 Å². The van der Waals surface area contributed by atoms with Crippen molar-refractivity contribution in [2.75, 3.05) is 5.73 Å². The zero-order chi connectivity index (χ0) is 15.0. The summed E-state index contributed by atoms with van der Waals surface area (Å²) in [5, 5.41) is 3.94. The van der Waals surface area contributed by atoms with Crippen LogP contribution in [-0.2, 0) is 0 Å². The van der Waals surface area contributed by atoms with Crippen LogP contribution in [0.1, 0.15) is 5.56 Å². The first kappa shape index (κ1) is 13.8. The Labute approximate surface area is 129 Å². The van der Waals surface area contributed by atoms with Crippen LogP contribution in [0.25, 0.3) is 22.4 Å². The molecule has 0 spiro atoms. The molecule has 21 heavy (non-hydrogen) atoms. The molecule has 5 heteroatoms. The zero-order valence-electron chi connectivity index (χ0n) is 11.2. The number of halogens is 2. The van der Waals surface area contributed by atoms with Crippen LogP contribution in [0.2, 0.25) is 0 Å². The van der Waals surface area contributed by atoms with Gasteiger partial charge in [0.15, 0.2) is 0 Å². The highest BCUT2D eigenvalue weighted by Gasteiger charge is 2.21. The highest BCUT2D eigenvalue weighted by atomic mass is 79.9. The molecule has 0 bridgehead atoms. The van der Waals surface area contributed by atoms with Crippen molar-refractivity contribution in [3.8, 4) is 22.4 Å². The fraction of sp³-hybridized carbons (Fsp3) is 0.0625. The van der Waals surface area contributed by atoms with E-state index in [-0.39, 0.29) is 11.7 Å². The van der Waals surface area contributed by atoms with Crippen LogP contribution < -0.4 is 5.73 Å². The van der Waals surface area contributed by atoms with Gasteiger partial charge in [0.05, 0.1) is 5.56 Å². The number of benzene rings is 2. The van der Waals surface area contributed by atoms with E-state index in [1.54, 1.807) is 12.1 Å². The number of aryl methyl sites for hydroxylation is 1. The molecule has 3 aromatic rings. The van der Waals surface area contributed by atoms with Gasteiger partial charge in [0, 0.05) is 15.6 Å². The van der Waals surface area contributed by atoms with E-state index in [0.29, 0.717) is 16.8 Å². The molecular formula is C16H12BrFN2O. The largest absolute Gasteiger partial charge is 0.367 e. The van der Waals surface area contributed by atoms with Gasteiger partial charge in [-0.25, -0.2) is 4.39 Å². The minimum absolute atomic E-state index is 0.165. The van der Waals surface area contributed by atoms with Crippen LogP contribution in [0.5, 0.6) is 0 Å². The first-order valence-electron chi connectivity index (χ1n) is 6.34. The van der Waals surface area contributed by atoms with Gasteiger partial charge < -0.3 is 10.3 Å². The zero-order valence-corrected chi connectivity index (χ0v) is 12.8. The summed E-state index contributed by atoms with van der Waals surface area (Å²) in [4.78, 5) is 0. The molecule has 3 nitrogen and oxygen atoms in total. The van der Waals surface area contributed by atoms with Crippen LogP contribution in [0, 0.1) is 12.7 Å². The molecule has 106 valence electrons. The number of rotatable bonds is 2. The first-order valence-corrected chi connectivity index (χ1v) is 7.14. The standard InChI is InChI=1S/C16H12BrFN2O/c1-9-6-7-13(18)11(8-9)15-14(16(19)21-20-15)10-4-2-3-5-12(10)17/h2-8H,19H2,1H3. The lowest BCUT2D eigenvalue weighted by Crippen LogP contribution is -1.91. The van der Waals surface area contributed by atoms with Crippen molar-refractivity contribution in [1.82, 2.24) is 5.16 Å². The summed E-state index contributed by atoms with van der Waals surface area (Å²) in [5.41, 5.74) is 9.01. The van der Waals surface area contributed by atoms with Gasteiger partial charge in [-0.05, 0) is 25.1 Å². The molecule has 0 aliphatic rings. The van der Waals surface area contributed by atoms with Gasteiger partial charge in [0.1, 0.15) is 11.5 Å². The lowest BCUT2D eigenvalue weighted by Gasteiger charge is -2.06. The van der Waals surface area contributed by atoms with Gasteiger partial charge in [-0.2, -0.15) is 0 Å². The number of aromatic nitrogens is 1. The second kappa shape index (κ2) is 5.33. The summed E-state index contributed by atoms with van der Waals surface area (Å²) in [6.45, 7) is 1.89. The van der Waals surface area contributed by atoms with Gasteiger partial charge in [-0.3, -0.25) is 0 Å². The van der Waals surface area contributed by atoms with Gasteiger partial charge in [0.25, 0.3) is 0 Å². The molecule has 0 aliphatic heterocycles. The smallest absolute Gasteiger partial charge is 0.230 e. The summed E-state index contributed by atoms with van der Waals surface area (Å²) in [6, 6.07) is 12.4. The predicted molar refractivity (Wildman–Crippen MR) is 84.2 cm³/mol. The molecular weight excluding hydrogens is 335 g/mol. The molecule has 0 radical (unpaired) electrons. The fourth-order valence-electron chi connectivity index (χ4n) is 2.23. The van der Waals surface area contributed by atoms with Crippen molar-refractivity contribution < 1.29 is 8.91 Å².